The summed E-state index contributed by atoms with van der Waals surface area (Å²) in [6.45, 7) is 2.63. The van der Waals surface area contributed by atoms with Crippen molar-refractivity contribution in [1.29, 1.82) is 0 Å². The first-order valence-electron chi connectivity index (χ1n) is 7.71. The monoisotopic (exact) mass is 346 g/mol. The number of benzene rings is 1. The lowest BCUT2D eigenvalue weighted by Gasteiger charge is -2.14. The molecule has 0 atom stereocenters. The number of amides is 1. The van der Waals surface area contributed by atoms with Gasteiger partial charge in [-0.2, -0.15) is 0 Å². The molecule has 1 N–H and O–H groups in total. The summed E-state index contributed by atoms with van der Waals surface area (Å²) in [5, 5.41) is 2.80. The maximum atomic E-state index is 12.6. The number of nitrogens with zero attached hydrogens (tertiary/aromatic N) is 1. The third-order valence-corrected chi connectivity index (χ3v) is 3.56. The van der Waals surface area contributed by atoms with Crippen LogP contribution in [0.3, 0.4) is 0 Å². The van der Waals surface area contributed by atoms with Crippen LogP contribution in [0.5, 0.6) is 17.4 Å². The summed E-state index contributed by atoms with van der Waals surface area (Å²) >= 11 is 0. The first-order valence-corrected chi connectivity index (χ1v) is 7.71. The molecule has 2 rings (SSSR count). The predicted molar refractivity (Wildman–Crippen MR) is 93.8 cm³/mol. The lowest BCUT2D eigenvalue weighted by molar-refractivity contribution is 0.102. The van der Waals surface area contributed by atoms with E-state index in [1.807, 2.05) is 6.92 Å². The lowest BCUT2D eigenvalue weighted by atomic mass is 10.1. The van der Waals surface area contributed by atoms with Crippen LogP contribution in [0, 0.1) is 6.92 Å². The Morgan fingerprint density at radius 2 is 1.80 bits per heavy atom. The maximum absolute atomic E-state index is 12.6. The third-order valence-electron chi connectivity index (χ3n) is 3.56. The van der Waals surface area contributed by atoms with Crippen LogP contribution in [-0.4, -0.2) is 45.4 Å². The van der Waals surface area contributed by atoms with Crippen LogP contribution in [0.15, 0.2) is 30.5 Å². The molecule has 0 saturated heterocycles. The van der Waals surface area contributed by atoms with Crippen LogP contribution in [0.2, 0.25) is 0 Å². The van der Waals surface area contributed by atoms with Crippen molar-refractivity contribution in [2.24, 2.45) is 0 Å². The van der Waals surface area contributed by atoms with E-state index in [-0.39, 0.29) is 5.91 Å². The van der Waals surface area contributed by atoms with E-state index in [9.17, 15) is 4.79 Å². The van der Waals surface area contributed by atoms with Gasteiger partial charge in [0.05, 0.1) is 20.8 Å². The zero-order chi connectivity index (χ0) is 18.2. The second-order valence-electron chi connectivity index (χ2n) is 5.16. The van der Waals surface area contributed by atoms with Crippen molar-refractivity contribution in [3.63, 3.8) is 0 Å². The summed E-state index contributed by atoms with van der Waals surface area (Å²) in [6.07, 6.45) is 1.59. The number of nitrogens with one attached hydrogen (secondary N) is 1. The number of pyridine rings is 1. The van der Waals surface area contributed by atoms with Crippen LogP contribution < -0.4 is 19.5 Å². The molecule has 0 saturated carbocycles. The highest BCUT2D eigenvalue weighted by molar-refractivity contribution is 6.05. The second-order valence-corrected chi connectivity index (χ2v) is 5.16. The van der Waals surface area contributed by atoms with E-state index in [4.69, 9.17) is 18.9 Å². The van der Waals surface area contributed by atoms with Crippen LogP contribution >= 0.6 is 0 Å². The van der Waals surface area contributed by atoms with E-state index in [0.717, 1.165) is 5.56 Å². The highest BCUT2D eigenvalue weighted by Crippen LogP contribution is 2.30. The van der Waals surface area contributed by atoms with Gasteiger partial charge in [-0.3, -0.25) is 4.79 Å². The highest BCUT2D eigenvalue weighted by Gasteiger charge is 2.15. The summed E-state index contributed by atoms with van der Waals surface area (Å²) < 4.78 is 21.1. The Kier molecular flexibility index (Phi) is 6.59. The minimum Gasteiger partial charge on any atom is -0.496 e. The average molecular weight is 346 g/mol. The van der Waals surface area contributed by atoms with Gasteiger partial charge in [0.2, 0.25) is 5.88 Å². The molecule has 0 bridgehead atoms. The molecule has 0 spiro atoms. The minimum atomic E-state index is -0.318. The number of anilines is 1. The standard InChI is InChI=1S/C18H22N2O5/c1-12-15(23-3)10-13(11-16(12)24-4)17(21)20-14-6-5-7-19-18(14)25-9-8-22-2/h5-7,10-11H,8-9H2,1-4H3,(H,20,21). The number of ether oxygens (including phenoxy) is 4. The van der Waals surface area contributed by atoms with E-state index in [0.29, 0.717) is 41.8 Å². The third kappa shape index (κ3) is 4.60. The Morgan fingerprint density at radius 1 is 1.12 bits per heavy atom. The van der Waals surface area contributed by atoms with E-state index in [1.165, 1.54) is 0 Å². The number of rotatable bonds is 8. The normalized spacial score (nSPS) is 10.2. The molecular formula is C18H22N2O5. The number of carbonyl (C=O) groups is 1. The molecule has 0 aliphatic rings. The van der Waals surface area contributed by atoms with Crippen molar-refractivity contribution in [2.75, 3.05) is 39.9 Å². The quantitative estimate of drug-likeness (QED) is 0.741. The Labute approximate surface area is 146 Å². The van der Waals surface area contributed by atoms with Gasteiger partial charge < -0.3 is 24.3 Å². The fourth-order valence-corrected chi connectivity index (χ4v) is 2.23. The predicted octanol–water partition coefficient (Wildman–Crippen LogP) is 2.68. The van der Waals surface area contributed by atoms with Crippen molar-refractivity contribution < 1.29 is 23.7 Å². The van der Waals surface area contributed by atoms with E-state index >= 15 is 0 Å². The van der Waals surface area contributed by atoms with Crippen molar-refractivity contribution in [3.05, 3.63) is 41.6 Å². The molecule has 7 nitrogen and oxygen atoms in total. The number of hydrogen-bond acceptors (Lipinski definition) is 6. The van der Waals surface area contributed by atoms with Gasteiger partial charge in [-0.15, -0.1) is 0 Å². The largest absolute Gasteiger partial charge is 0.496 e. The molecule has 0 unspecified atom stereocenters. The van der Waals surface area contributed by atoms with Crippen LogP contribution in [0.4, 0.5) is 5.69 Å². The van der Waals surface area contributed by atoms with Crippen molar-refractivity contribution in [2.45, 2.75) is 6.92 Å². The zero-order valence-corrected chi connectivity index (χ0v) is 14.8. The van der Waals surface area contributed by atoms with Gasteiger partial charge in [0, 0.05) is 24.4 Å². The summed E-state index contributed by atoms with van der Waals surface area (Å²) in [4.78, 5) is 16.8. The highest BCUT2D eigenvalue weighted by atomic mass is 16.5. The molecule has 1 aromatic carbocycles. The van der Waals surface area contributed by atoms with Crippen molar-refractivity contribution in [1.82, 2.24) is 4.98 Å². The van der Waals surface area contributed by atoms with Crippen LogP contribution in [0.25, 0.3) is 0 Å². The van der Waals surface area contributed by atoms with E-state index in [1.54, 1.807) is 51.8 Å². The second kappa shape index (κ2) is 8.89. The summed E-state index contributed by atoms with van der Waals surface area (Å²) in [5.41, 5.74) is 1.71. The number of carbonyl (C=O) groups excluding carboxylic acids is 1. The summed E-state index contributed by atoms with van der Waals surface area (Å²) in [7, 11) is 4.68. The van der Waals surface area contributed by atoms with Crippen LogP contribution in [-0.2, 0) is 4.74 Å². The van der Waals surface area contributed by atoms with Gasteiger partial charge in [0.25, 0.3) is 5.91 Å². The van der Waals surface area contributed by atoms with Crippen molar-refractivity contribution in [3.8, 4) is 17.4 Å². The zero-order valence-electron chi connectivity index (χ0n) is 14.8. The molecule has 25 heavy (non-hydrogen) atoms. The van der Waals surface area contributed by atoms with E-state index in [2.05, 4.69) is 10.3 Å². The first-order chi connectivity index (χ1) is 12.1. The average Bonchev–Trinajstić information content (AvgIpc) is 2.63. The van der Waals surface area contributed by atoms with E-state index < -0.39 is 0 Å². The van der Waals surface area contributed by atoms with Gasteiger partial charge in [0.1, 0.15) is 23.8 Å². The molecule has 1 amide bonds. The molecule has 1 aromatic heterocycles. The molecule has 0 fully saturated rings. The fraction of sp³-hybridized carbons (Fsp3) is 0.333. The Balaban J connectivity index is 2.23. The number of aromatic nitrogens is 1. The molecule has 0 radical (unpaired) electrons. The Hall–Kier alpha value is -2.80. The number of methoxy groups -OCH3 is 3. The Morgan fingerprint density at radius 3 is 2.40 bits per heavy atom. The summed E-state index contributed by atoms with van der Waals surface area (Å²) in [6, 6.07) is 6.76. The molecule has 134 valence electrons. The lowest BCUT2D eigenvalue weighted by Crippen LogP contribution is -2.15. The Bertz CT molecular complexity index is 708. The van der Waals surface area contributed by atoms with Gasteiger partial charge in [-0.25, -0.2) is 4.98 Å². The first kappa shape index (κ1) is 18.5. The molecule has 1 heterocycles. The molecule has 7 heteroatoms. The molecular weight excluding hydrogens is 324 g/mol. The number of hydrogen-bond donors (Lipinski definition) is 1. The fourth-order valence-electron chi connectivity index (χ4n) is 2.23. The summed E-state index contributed by atoms with van der Waals surface area (Å²) in [5.74, 6) is 1.17. The maximum Gasteiger partial charge on any atom is 0.256 e. The van der Waals surface area contributed by atoms with Gasteiger partial charge in [-0.05, 0) is 31.2 Å². The van der Waals surface area contributed by atoms with Crippen molar-refractivity contribution >= 4 is 11.6 Å². The van der Waals surface area contributed by atoms with Crippen LogP contribution in [0.1, 0.15) is 15.9 Å². The minimum absolute atomic E-state index is 0.318. The topological polar surface area (TPSA) is 78.9 Å². The molecule has 2 aromatic rings. The SMILES string of the molecule is COCCOc1ncccc1NC(=O)c1cc(OC)c(C)c(OC)c1. The smallest absolute Gasteiger partial charge is 0.256 e. The van der Waals surface area contributed by atoms with Gasteiger partial charge in [-0.1, -0.05) is 0 Å². The van der Waals surface area contributed by atoms with Gasteiger partial charge in [0.15, 0.2) is 0 Å². The molecule has 0 aliphatic carbocycles. The van der Waals surface area contributed by atoms with Gasteiger partial charge >= 0.3 is 0 Å². The molecule has 0 aliphatic heterocycles.